The lowest BCUT2D eigenvalue weighted by Crippen LogP contribution is -2.23. The molecular weight excluding hydrogens is 262 g/mol. The van der Waals surface area contributed by atoms with Crippen LogP contribution in [-0.2, 0) is 6.54 Å². The van der Waals surface area contributed by atoms with Crippen LogP contribution in [0.3, 0.4) is 0 Å². The van der Waals surface area contributed by atoms with Crippen LogP contribution >= 0.6 is 0 Å². The van der Waals surface area contributed by atoms with Crippen LogP contribution in [0.1, 0.15) is 15.9 Å². The number of pyridine rings is 1. The molecule has 7 heteroatoms. The highest BCUT2D eigenvalue weighted by molar-refractivity contribution is 5.98. The number of nitrogens with zero attached hydrogens (tertiary/aromatic N) is 2. The topological polar surface area (TPSA) is 105 Å². The van der Waals surface area contributed by atoms with Crippen molar-refractivity contribution in [2.45, 2.75) is 6.54 Å². The molecule has 1 amide bonds. The van der Waals surface area contributed by atoms with Crippen molar-refractivity contribution in [2.75, 3.05) is 0 Å². The molecule has 2 aromatic rings. The van der Waals surface area contributed by atoms with Crippen molar-refractivity contribution in [3.8, 4) is 5.75 Å². The average Bonchev–Trinajstić information content (AvgIpc) is 2.46. The minimum absolute atomic E-state index is 0.131. The predicted octanol–water partition coefficient (Wildman–Crippen LogP) is 1.63. The summed E-state index contributed by atoms with van der Waals surface area (Å²) in [6.45, 7) is 0.240. The third-order valence-corrected chi connectivity index (χ3v) is 2.66. The fourth-order valence-corrected chi connectivity index (χ4v) is 1.64. The summed E-state index contributed by atoms with van der Waals surface area (Å²) in [6, 6.07) is 7.26. The van der Waals surface area contributed by atoms with Crippen molar-refractivity contribution < 1.29 is 14.8 Å². The summed E-state index contributed by atoms with van der Waals surface area (Å²) in [7, 11) is 0. The van der Waals surface area contributed by atoms with Gasteiger partial charge in [0.15, 0.2) is 0 Å². The van der Waals surface area contributed by atoms with Gasteiger partial charge >= 0.3 is 5.69 Å². The van der Waals surface area contributed by atoms with E-state index in [1.165, 1.54) is 12.1 Å². The van der Waals surface area contributed by atoms with E-state index in [9.17, 15) is 20.0 Å². The number of phenolic OH excluding ortho intramolecular Hbond substituents is 1. The van der Waals surface area contributed by atoms with E-state index in [0.29, 0.717) is 0 Å². The van der Waals surface area contributed by atoms with Gasteiger partial charge in [0, 0.05) is 25.0 Å². The number of benzene rings is 1. The minimum atomic E-state index is -0.741. The molecule has 0 aliphatic carbocycles. The maximum absolute atomic E-state index is 11.9. The molecule has 0 bridgehead atoms. The second-order valence-corrected chi connectivity index (χ2v) is 3.97. The molecule has 0 saturated heterocycles. The van der Waals surface area contributed by atoms with Gasteiger partial charge in [0.25, 0.3) is 5.91 Å². The van der Waals surface area contributed by atoms with Gasteiger partial charge in [0.2, 0.25) is 5.75 Å². The number of nitro benzene ring substituents is 1. The molecule has 0 aliphatic rings. The van der Waals surface area contributed by atoms with Crippen LogP contribution in [-0.4, -0.2) is 20.9 Å². The fourth-order valence-electron chi connectivity index (χ4n) is 1.64. The number of hydrogen-bond acceptors (Lipinski definition) is 5. The number of rotatable bonds is 4. The van der Waals surface area contributed by atoms with Crippen LogP contribution in [0.25, 0.3) is 0 Å². The molecule has 0 saturated carbocycles. The number of aromatic hydroxyl groups is 1. The van der Waals surface area contributed by atoms with E-state index in [1.54, 1.807) is 24.5 Å². The molecule has 102 valence electrons. The number of nitrogens with one attached hydrogen (secondary N) is 1. The number of amides is 1. The summed E-state index contributed by atoms with van der Waals surface area (Å²) >= 11 is 0. The van der Waals surface area contributed by atoms with Gasteiger partial charge in [-0.2, -0.15) is 0 Å². The molecule has 0 radical (unpaired) electrons. The highest BCUT2D eigenvalue weighted by Gasteiger charge is 2.20. The number of carbonyl (C=O) groups is 1. The second kappa shape index (κ2) is 5.79. The molecule has 2 N–H and O–H groups in total. The van der Waals surface area contributed by atoms with Crippen molar-refractivity contribution >= 4 is 11.6 Å². The number of carbonyl (C=O) groups excluding carboxylic acids is 1. The Balaban J connectivity index is 2.14. The smallest absolute Gasteiger partial charge is 0.311 e. The first-order chi connectivity index (χ1) is 9.59. The Morgan fingerprint density at radius 2 is 2.00 bits per heavy atom. The van der Waals surface area contributed by atoms with Gasteiger partial charge < -0.3 is 10.4 Å². The Morgan fingerprint density at radius 1 is 1.30 bits per heavy atom. The van der Waals surface area contributed by atoms with E-state index in [4.69, 9.17) is 0 Å². The first-order valence-corrected chi connectivity index (χ1v) is 5.73. The molecule has 0 unspecified atom stereocenters. The fraction of sp³-hybridized carbons (Fsp3) is 0.0769. The van der Waals surface area contributed by atoms with E-state index in [1.807, 2.05) is 0 Å². The Bertz CT molecular complexity index is 643. The Hall–Kier alpha value is -2.96. The summed E-state index contributed by atoms with van der Waals surface area (Å²) < 4.78 is 0. The van der Waals surface area contributed by atoms with Crippen molar-refractivity contribution in [1.82, 2.24) is 10.3 Å². The molecule has 0 fully saturated rings. The summed E-state index contributed by atoms with van der Waals surface area (Å²) in [4.78, 5) is 25.7. The Labute approximate surface area is 114 Å². The zero-order valence-corrected chi connectivity index (χ0v) is 10.3. The van der Waals surface area contributed by atoms with Gasteiger partial charge in [-0.15, -0.1) is 0 Å². The number of para-hydroxylation sites is 1. The molecule has 2 rings (SSSR count). The minimum Gasteiger partial charge on any atom is -0.502 e. The van der Waals surface area contributed by atoms with Gasteiger partial charge in [-0.25, -0.2) is 0 Å². The van der Waals surface area contributed by atoms with Crippen molar-refractivity contribution in [3.05, 3.63) is 64.0 Å². The van der Waals surface area contributed by atoms with Crippen LogP contribution in [0, 0.1) is 10.1 Å². The van der Waals surface area contributed by atoms with Crippen molar-refractivity contribution in [3.63, 3.8) is 0 Å². The molecular formula is C13H11N3O4. The highest BCUT2D eigenvalue weighted by atomic mass is 16.6. The van der Waals surface area contributed by atoms with Gasteiger partial charge in [-0.1, -0.05) is 6.07 Å². The van der Waals surface area contributed by atoms with Crippen LogP contribution in [0.5, 0.6) is 5.75 Å². The maximum Gasteiger partial charge on any atom is 0.311 e. The normalized spacial score (nSPS) is 10.0. The van der Waals surface area contributed by atoms with Crippen molar-refractivity contribution in [1.29, 1.82) is 0 Å². The molecule has 7 nitrogen and oxygen atoms in total. The van der Waals surface area contributed by atoms with E-state index in [-0.39, 0.29) is 12.1 Å². The molecule has 20 heavy (non-hydrogen) atoms. The van der Waals surface area contributed by atoms with Crippen LogP contribution in [0.15, 0.2) is 42.7 Å². The van der Waals surface area contributed by atoms with E-state index < -0.39 is 22.3 Å². The second-order valence-electron chi connectivity index (χ2n) is 3.97. The summed E-state index contributed by atoms with van der Waals surface area (Å²) in [6.07, 6.45) is 3.18. The maximum atomic E-state index is 11.9. The zero-order valence-electron chi connectivity index (χ0n) is 10.3. The number of nitro groups is 1. The van der Waals surface area contributed by atoms with Gasteiger partial charge in [0.1, 0.15) is 0 Å². The lowest BCUT2D eigenvalue weighted by Gasteiger charge is -2.06. The van der Waals surface area contributed by atoms with Crippen LogP contribution in [0.4, 0.5) is 5.69 Å². The zero-order chi connectivity index (χ0) is 14.5. The first kappa shape index (κ1) is 13.5. The summed E-state index contributed by atoms with van der Waals surface area (Å²) in [5.41, 5.74) is 0.202. The highest BCUT2D eigenvalue weighted by Crippen LogP contribution is 2.29. The molecule has 1 aromatic carbocycles. The summed E-state index contributed by atoms with van der Waals surface area (Å²) in [5.74, 6) is -1.22. The monoisotopic (exact) mass is 273 g/mol. The lowest BCUT2D eigenvalue weighted by molar-refractivity contribution is -0.385. The standard InChI is InChI=1S/C13H11N3O4/c17-12-10(2-1-3-11(12)16(19)20)13(18)15-8-9-4-6-14-7-5-9/h1-7,17H,8H2,(H,15,18). The SMILES string of the molecule is O=C(NCc1ccncc1)c1cccc([N+](=O)[O-])c1O. The lowest BCUT2D eigenvalue weighted by atomic mass is 10.1. The number of phenols is 1. The van der Waals surface area contributed by atoms with E-state index in [0.717, 1.165) is 11.6 Å². The average molecular weight is 273 g/mol. The van der Waals surface area contributed by atoms with Crippen LogP contribution < -0.4 is 5.32 Å². The third-order valence-electron chi connectivity index (χ3n) is 2.66. The molecule has 0 atom stereocenters. The Kier molecular flexibility index (Phi) is 3.90. The van der Waals surface area contributed by atoms with Gasteiger partial charge in [-0.3, -0.25) is 19.9 Å². The van der Waals surface area contributed by atoms with E-state index >= 15 is 0 Å². The van der Waals surface area contributed by atoms with Crippen LogP contribution in [0.2, 0.25) is 0 Å². The van der Waals surface area contributed by atoms with Gasteiger partial charge in [0.05, 0.1) is 10.5 Å². The van der Waals surface area contributed by atoms with Crippen molar-refractivity contribution in [2.24, 2.45) is 0 Å². The summed E-state index contributed by atoms with van der Waals surface area (Å²) in [5, 5.41) is 23.0. The molecule has 1 heterocycles. The Morgan fingerprint density at radius 3 is 2.65 bits per heavy atom. The first-order valence-electron chi connectivity index (χ1n) is 5.73. The largest absolute Gasteiger partial charge is 0.502 e. The molecule has 0 spiro atoms. The number of aromatic nitrogens is 1. The van der Waals surface area contributed by atoms with Gasteiger partial charge in [-0.05, 0) is 23.8 Å². The third kappa shape index (κ3) is 2.89. The molecule has 0 aliphatic heterocycles. The quantitative estimate of drug-likeness (QED) is 0.650. The number of hydrogen-bond donors (Lipinski definition) is 2. The predicted molar refractivity (Wildman–Crippen MR) is 70.2 cm³/mol. The molecule has 1 aromatic heterocycles. The van der Waals surface area contributed by atoms with E-state index in [2.05, 4.69) is 10.3 Å².